The van der Waals surface area contributed by atoms with Crippen molar-refractivity contribution in [3.63, 3.8) is 0 Å². The number of allylic oxidation sites excluding steroid dienone is 3. The first-order valence-electron chi connectivity index (χ1n) is 5.12. The first-order chi connectivity index (χ1) is 5.81. The fourth-order valence-corrected chi connectivity index (χ4v) is 2.35. The van der Waals surface area contributed by atoms with Crippen molar-refractivity contribution in [1.29, 1.82) is 0 Å². The van der Waals surface area contributed by atoms with E-state index in [1.807, 2.05) is 0 Å². The third-order valence-corrected chi connectivity index (χ3v) is 3.46. The molecule has 66 valence electrons. The fourth-order valence-electron chi connectivity index (χ4n) is 2.35. The Hall–Kier alpha value is -0.520. The van der Waals surface area contributed by atoms with Crippen molar-refractivity contribution < 1.29 is 0 Å². The Morgan fingerprint density at radius 2 is 2.00 bits per heavy atom. The predicted octanol–water partition coefficient (Wildman–Crippen LogP) is 3.70. The molecule has 0 aromatic carbocycles. The molecule has 0 saturated heterocycles. The second-order valence-electron chi connectivity index (χ2n) is 4.35. The van der Waals surface area contributed by atoms with Crippen LogP contribution in [-0.4, -0.2) is 0 Å². The van der Waals surface area contributed by atoms with Crippen molar-refractivity contribution >= 4 is 0 Å². The third-order valence-electron chi connectivity index (χ3n) is 3.46. The zero-order valence-electron chi connectivity index (χ0n) is 7.97. The van der Waals surface area contributed by atoms with E-state index in [0.717, 1.165) is 11.8 Å². The Morgan fingerprint density at radius 1 is 1.25 bits per heavy atom. The van der Waals surface area contributed by atoms with Crippen molar-refractivity contribution in [1.82, 2.24) is 0 Å². The molecule has 2 rings (SSSR count). The zero-order chi connectivity index (χ0) is 8.55. The molecule has 0 aliphatic heterocycles. The molecule has 0 aromatic rings. The number of rotatable bonds is 2. The Kier molecular flexibility index (Phi) is 2.08. The van der Waals surface area contributed by atoms with Gasteiger partial charge in [-0.2, -0.15) is 0 Å². The van der Waals surface area contributed by atoms with Crippen LogP contribution in [0.2, 0.25) is 0 Å². The summed E-state index contributed by atoms with van der Waals surface area (Å²) in [7, 11) is 0. The smallest absolute Gasteiger partial charge is 0.0248 e. The molecule has 2 aliphatic rings. The summed E-state index contributed by atoms with van der Waals surface area (Å²) in [5, 5.41) is 0. The van der Waals surface area contributed by atoms with Crippen LogP contribution in [0.3, 0.4) is 0 Å². The van der Waals surface area contributed by atoms with Gasteiger partial charge < -0.3 is 0 Å². The van der Waals surface area contributed by atoms with E-state index in [9.17, 15) is 0 Å². The largest absolute Gasteiger partial charge is 0.0988 e. The molecule has 0 aromatic heterocycles. The molecule has 0 bridgehead atoms. The summed E-state index contributed by atoms with van der Waals surface area (Å²) < 4.78 is 0. The van der Waals surface area contributed by atoms with Crippen molar-refractivity contribution in [2.45, 2.75) is 39.0 Å². The summed E-state index contributed by atoms with van der Waals surface area (Å²) >= 11 is 0. The van der Waals surface area contributed by atoms with Gasteiger partial charge >= 0.3 is 0 Å². The Balaban J connectivity index is 2.05. The maximum atomic E-state index is 3.89. The molecule has 2 aliphatic carbocycles. The Bertz CT molecular complexity index is 218. The third kappa shape index (κ3) is 1.48. The molecule has 1 atom stereocenters. The van der Waals surface area contributed by atoms with Gasteiger partial charge in [-0.3, -0.25) is 0 Å². The van der Waals surface area contributed by atoms with E-state index in [0.29, 0.717) is 0 Å². The van der Waals surface area contributed by atoms with E-state index < -0.39 is 0 Å². The van der Waals surface area contributed by atoms with Gasteiger partial charge in [-0.05, 0) is 56.4 Å². The zero-order valence-corrected chi connectivity index (χ0v) is 7.97. The van der Waals surface area contributed by atoms with Gasteiger partial charge in [0.1, 0.15) is 0 Å². The summed E-state index contributed by atoms with van der Waals surface area (Å²) in [6, 6.07) is 0. The highest BCUT2D eigenvalue weighted by Gasteiger charge is 2.32. The highest BCUT2D eigenvalue weighted by Crippen LogP contribution is 2.45. The maximum absolute atomic E-state index is 3.89. The molecule has 0 nitrogen and oxygen atoms in total. The minimum absolute atomic E-state index is 1.00. The van der Waals surface area contributed by atoms with Crippen molar-refractivity contribution in [2.75, 3.05) is 0 Å². The maximum Gasteiger partial charge on any atom is -0.0248 e. The van der Waals surface area contributed by atoms with Crippen LogP contribution in [0.4, 0.5) is 0 Å². The van der Waals surface area contributed by atoms with Gasteiger partial charge in [0.15, 0.2) is 0 Å². The SMILES string of the molecule is C=CC1=C(C)CCC(C2CC2)C1. The minimum Gasteiger partial charge on any atom is -0.0988 e. The Morgan fingerprint density at radius 3 is 2.58 bits per heavy atom. The fraction of sp³-hybridized carbons (Fsp3) is 0.667. The van der Waals surface area contributed by atoms with Crippen molar-refractivity contribution in [2.24, 2.45) is 11.8 Å². The molecule has 1 saturated carbocycles. The van der Waals surface area contributed by atoms with Gasteiger partial charge in [-0.1, -0.05) is 18.2 Å². The first-order valence-corrected chi connectivity index (χ1v) is 5.12. The van der Waals surface area contributed by atoms with Gasteiger partial charge in [0.05, 0.1) is 0 Å². The van der Waals surface area contributed by atoms with E-state index in [2.05, 4.69) is 19.6 Å². The average Bonchev–Trinajstić information content (AvgIpc) is 2.88. The molecule has 0 amide bonds. The molecule has 12 heavy (non-hydrogen) atoms. The molecule has 0 heteroatoms. The van der Waals surface area contributed by atoms with Crippen LogP contribution in [0.15, 0.2) is 23.8 Å². The van der Waals surface area contributed by atoms with E-state index in [4.69, 9.17) is 0 Å². The van der Waals surface area contributed by atoms with E-state index in [-0.39, 0.29) is 0 Å². The first kappa shape index (κ1) is 8.10. The lowest BCUT2D eigenvalue weighted by molar-refractivity contribution is 0.407. The summed E-state index contributed by atoms with van der Waals surface area (Å²) in [6.07, 6.45) is 9.14. The highest BCUT2D eigenvalue weighted by atomic mass is 14.4. The van der Waals surface area contributed by atoms with E-state index in [1.165, 1.54) is 37.7 Å². The number of hydrogen-bond acceptors (Lipinski definition) is 0. The normalized spacial score (nSPS) is 30.6. The topological polar surface area (TPSA) is 0 Å². The quantitative estimate of drug-likeness (QED) is 0.580. The molecular formula is C12H18. The average molecular weight is 162 g/mol. The second kappa shape index (κ2) is 3.08. The van der Waals surface area contributed by atoms with Crippen molar-refractivity contribution in [3.05, 3.63) is 23.8 Å². The van der Waals surface area contributed by atoms with Crippen LogP contribution >= 0.6 is 0 Å². The second-order valence-corrected chi connectivity index (χ2v) is 4.35. The number of hydrogen-bond donors (Lipinski definition) is 0. The molecular weight excluding hydrogens is 144 g/mol. The van der Waals surface area contributed by atoms with Crippen LogP contribution < -0.4 is 0 Å². The van der Waals surface area contributed by atoms with Crippen LogP contribution in [0.5, 0.6) is 0 Å². The van der Waals surface area contributed by atoms with Crippen LogP contribution in [0.25, 0.3) is 0 Å². The van der Waals surface area contributed by atoms with E-state index in [1.54, 1.807) is 5.57 Å². The molecule has 0 heterocycles. The standard InChI is InChI=1S/C12H18/c1-3-10-8-12(11-6-7-11)5-4-9(10)2/h3,11-12H,1,4-8H2,2H3. The van der Waals surface area contributed by atoms with Gasteiger partial charge in [0.25, 0.3) is 0 Å². The molecule has 1 fully saturated rings. The van der Waals surface area contributed by atoms with Gasteiger partial charge in [0, 0.05) is 0 Å². The minimum atomic E-state index is 1.00. The molecule has 1 unspecified atom stereocenters. The van der Waals surface area contributed by atoms with Crippen LogP contribution in [0, 0.1) is 11.8 Å². The summed E-state index contributed by atoms with van der Waals surface area (Å²) in [5.41, 5.74) is 3.13. The lowest BCUT2D eigenvalue weighted by Crippen LogP contribution is -2.10. The van der Waals surface area contributed by atoms with Gasteiger partial charge in [-0.15, -0.1) is 0 Å². The van der Waals surface area contributed by atoms with Gasteiger partial charge in [0.2, 0.25) is 0 Å². The summed E-state index contributed by atoms with van der Waals surface area (Å²) in [6.45, 7) is 6.16. The Labute approximate surface area is 75.4 Å². The van der Waals surface area contributed by atoms with Crippen LogP contribution in [0.1, 0.15) is 39.0 Å². The van der Waals surface area contributed by atoms with Gasteiger partial charge in [-0.25, -0.2) is 0 Å². The lowest BCUT2D eigenvalue weighted by Gasteiger charge is -2.24. The summed E-state index contributed by atoms with van der Waals surface area (Å²) in [5.74, 6) is 2.08. The highest BCUT2D eigenvalue weighted by molar-refractivity contribution is 5.26. The van der Waals surface area contributed by atoms with E-state index >= 15 is 0 Å². The molecule has 0 spiro atoms. The molecule has 0 N–H and O–H groups in total. The van der Waals surface area contributed by atoms with Crippen molar-refractivity contribution in [3.8, 4) is 0 Å². The predicted molar refractivity (Wildman–Crippen MR) is 53.0 cm³/mol. The lowest BCUT2D eigenvalue weighted by atomic mass is 9.82. The monoisotopic (exact) mass is 162 g/mol. The summed E-state index contributed by atoms with van der Waals surface area (Å²) in [4.78, 5) is 0. The molecule has 0 radical (unpaired) electrons. The van der Waals surface area contributed by atoms with Crippen LogP contribution in [-0.2, 0) is 0 Å².